The van der Waals surface area contributed by atoms with Crippen LogP contribution in [0.1, 0.15) is 5.56 Å². The summed E-state index contributed by atoms with van der Waals surface area (Å²) in [6.45, 7) is 2.36. The number of pyridine rings is 1. The normalized spacial score (nSPS) is 10.9. The number of fused-ring (bicyclic) bond motifs is 1. The predicted octanol–water partition coefficient (Wildman–Crippen LogP) is 2.04. The summed E-state index contributed by atoms with van der Waals surface area (Å²) in [6, 6.07) is 10.4. The number of hydrogen-bond acceptors (Lipinski definition) is 4. The van der Waals surface area contributed by atoms with Gasteiger partial charge in [-0.3, -0.25) is 0 Å². The minimum Gasteiger partial charge on any atom is -0.383 e. The summed E-state index contributed by atoms with van der Waals surface area (Å²) >= 11 is 0. The Bertz CT molecular complexity index is 540. The standard InChI is InChI=1S/C15H21N3O/c1-18(2)15-13(11-16-8-9-19-3)10-12-6-4-5-7-14(12)17-15/h4-7,10,16H,8-9,11H2,1-3H3. The monoisotopic (exact) mass is 259 g/mol. The van der Waals surface area contributed by atoms with Gasteiger partial charge >= 0.3 is 0 Å². The number of aromatic nitrogens is 1. The lowest BCUT2D eigenvalue weighted by molar-refractivity contribution is 0.199. The zero-order chi connectivity index (χ0) is 13.7. The minimum atomic E-state index is 0.721. The highest BCUT2D eigenvalue weighted by Gasteiger charge is 2.08. The van der Waals surface area contributed by atoms with Gasteiger partial charge in [-0.2, -0.15) is 0 Å². The van der Waals surface area contributed by atoms with Crippen molar-refractivity contribution in [2.75, 3.05) is 39.3 Å². The summed E-state index contributed by atoms with van der Waals surface area (Å²) in [4.78, 5) is 6.78. The van der Waals surface area contributed by atoms with Crippen molar-refractivity contribution in [1.29, 1.82) is 0 Å². The third-order valence-electron chi connectivity index (χ3n) is 3.00. The largest absolute Gasteiger partial charge is 0.383 e. The van der Waals surface area contributed by atoms with E-state index in [0.29, 0.717) is 0 Å². The summed E-state index contributed by atoms with van der Waals surface area (Å²) in [5, 5.41) is 4.55. The number of para-hydroxylation sites is 1. The van der Waals surface area contributed by atoms with Crippen LogP contribution in [0.4, 0.5) is 5.82 Å². The number of nitrogens with zero attached hydrogens (tertiary/aromatic N) is 2. The molecule has 0 saturated heterocycles. The molecule has 0 spiro atoms. The molecule has 0 bridgehead atoms. The molecule has 2 aromatic rings. The SMILES string of the molecule is COCCNCc1cc2ccccc2nc1N(C)C. The number of nitrogens with one attached hydrogen (secondary N) is 1. The van der Waals surface area contributed by atoms with Gasteiger partial charge in [0.1, 0.15) is 5.82 Å². The van der Waals surface area contributed by atoms with E-state index < -0.39 is 0 Å². The van der Waals surface area contributed by atoms with Crippen molar-refractivity contribution in [3.8, 4) is 0 Å². The molecule has 0 saturated carbocycles. The molecule has 102 valence electrons. The Kier molecular flexibility index (Phi) is 4.71. The topological polar surface area (TPSA) is 37.4 Å². The average Bonchev–Trinajstić information content (AvgIpc) is 2.42. The fraction of sp³-hybridized carbons (Fsp3) is 0.400. The zero-order valence-corrected chi connectivity index (χ0v) is 11.8. The van der Waals surface area contributed by atoms with Gasteiger partial charge in [0.25, 0.3) is 0 Å². The molecule has 0 atom stereocenters. The Balaban J connectivity index is 2.26. The van der Waals surface area contributed by atoms with Gasteiger partial charge in [-0.15, -0.1) is 0 Å². The number of ether oxygens (including phenoxy) is 1. The molecule has 2 rings (SSSR count). The Morgan fingerprint density at radius 1 is 1.26 bits per heavy atom. The molecule has 0 fully saturated rings. The van der Waals surface area contributed by atoms with Crippen molar-refractivity contribution < 1.29 is 4.74 Å². The molecule has 19 heavy (non-hydrogen) atoms. The summed E-state index contributed by atoms with van der Waals surface area (Å²) in [7, 11) is 5.76. The van der Waals surface area contributed by atoms with Crippen LogP contribution in [-0.2, 0) is 11.3 Å². The maximum atomic E-state index is 5.04. The minimum absolute atomic E-state index is 0.721. The third-order valence-corrected chi connectivity index (χ3v) is 3.00. The first kappa shape index (κ1) is 13.8. The van der Waals surface area contributed by atoms with E-state index in [-0.39, 0.29) is 0 Å². The lowest BCUT2D eigenvalue weighted by Crippen LogP contribution is -2.21. The number of benzene rings is 1. The third kappa shape index (κ3) is 3.43. The molecule has 1 aromatic carbocycles. The maximum absolute atomic E-state index is 5.04. The second-order valence-electron chi connectivity index (χ2n) is 4.73. The number of hydrogen-bond donors (Lipinski definition) is 1. The van der Waals surface area contributed by atoms with Gasteiger partial charge in [0.15, 0.2) is 0 Å². The second-order valence-corrected chi connectivity index (χ2v) is 4.73. The molecular formula is C15H21N3O. The van der Waals surface area contributed by atoms with E-state index in [2.05, 4.69) is 22.3 Å². The van der Waals surface area contributed by atoms with E-state index in [4.69, 9.17) is 9.72 Å². The van der Waals surface area contributed by atoms with Gasteiger partial charge in [-0.25, -0.2) is 4.98 Å². The van der Waals surface area contributed by atoms with Crippen LogP contribution in [0.5, 0.6) is 0 Å². The van der Waals surface area contributed by atoms with Gasteiger partial charge in [0.05, 0.1) is 12.1 Å². The molecule has 0 radical (unpaired) electrons. The molecule has 1 heterocycles. The number of methoxy groups -OCH3 is 1. The van der Waals surface area contributed by atoms with Crippen LogP contribution in [0.25, 0.3) is 10.9 Å². The van der Waals surface area contributed by atoms with Gasteiger partial charge in [-0.05, 0) is 12.1 Å². The lowest BCUT2D eigenvalue weighted by atomic mass is 10.1. The van der Waals surface area contributed by atoms with E-state index in [1.54, 1.807) is 7.11 Å². The Morgan fingerprint density at radius 2 is 2.05 bits per heavy atom. The molecular weight excluding hydrogens is 238 g/mol. The van der Waals surface area contributed by atoms with Crippen LogP contribution in [-0.4, -0.2) is 39.3 Å². The molecule has 0 aliphatic heterocycles. The van der Waals surface area contributed by atoms with Crippen molar-refractivity contribution >= 4 is 16.7 Å². The van der Waals surface area contributed by atoms with Crippen molar-refractivity contribution in [2.45, 2.75) is 6.54 Å². The quantitative estimate of drug-likeness (QED) is 0.806. The van der Waals surface area contributed by atoms with Crippen LogP contribution in [0.2, 0.25) is 0 Å². The van der Waals surface area contributed by atoms with Crippen molar-refractivity contribution in [1.82, 2.24) is 10.3 Å². The number of anilines is 1. The van der Waals surface area contributed by atoms with Crippen LogP contribution in [0.15, 0.2) is 30.3 Å². The van der Waals surface area contributed by atoms with Crippen LogP contribution < -0.4 is 10.2 Å². The van der Waals surface area contributed by atoms with Gasteiger partial charge in [0.2, 0.25) is 0 Å². The molecule has 0 unspecified atom stereocenters. The maximum Gasteiger partial charge on any atom is 0.133 e. The van der Waals surface area contributed by atoms with Crippen molar-refractivity contribution in [3.63, 3.8) is 0 Å². The van der Waals surface area contributed by atoms with Gasteiger partial charge in [-0.1, -0.05) is 18.2 Å². The smallest absolute Gasteiger partial charge is 0.133 e. The number of rotatable bonds is 6. The predicted molar refractivity (Wildman–Crippen MR) is 79.7 cm³/mol. The van der Waals surface area contributed by atoms with E-state index in [9.17, 15) is 0 Å². The Hall–Kier alpha value is -1.65. The van der Waals surface area contributed by atoms with Crippen LogP contribution >= 0.6 is 0 Å². The first-order chi connectivity index (χ1) is 9.22. The summed E-state index contributed by atoms with van der Waals surface area (Å²) in [6.07, 6.45) is 0. The summed E-state index contributed by atoms with van der Waals surface area (Å²) in [5.74, 6) is 1.02. The fourth-order valence-corrected chi connectivity index (χ4v) is 2.06. The lowest BCUT2D eigenvalue weighted by Gasteiger charge is -2.17. The molecule has 1 aromatic heterocycles. The van der Waals surface area contributed by atoms with Crippen LogP contribution in [0, 0.1) is 0 Å². The van der Waals surface area contributed by atoms with E-state index >= 15 is 0 Å². The van der Waals surface area contributed by atoms with E-state index in [0.717, 1.165) is 31.0 Å². The Morgan fingerprint density at radius 3 is 2.79 bits per heavy atom. The first-order valence-electron chi connectivity index (χ1n) is 6.48. The first-order valence-corrected chi connectivity index (χ1v) is 6.48. The van der Waals surface area contributed by atoms with Crippen LogP contribution in [0.3, 0.4) is 0 Å². The van der Waals surface area contributed by atoms with Gasteiger partial charge < -0.3 is 15.0 Å². The second kappa shape index (κ2) is 6.50. The van der Waals surface area contributed by atoms with E-state index in [1.807, 2.05) is 32.3 Å². The highest BCUT2D eigenvalue weighted by atomic mass is 16.5. The van der Waals surface area contributed by atoms with Crippen molar-refractivity contribution in [2.24, 2.45) is 0 Å². The fourth-order valence-electron chi connectivity index (χ4n) is 2.06. The molecule has 0 aliphatic rings. The average molecular weight is 259 g/mol. The molecule has 4 nitrogen and oxygen atoms in total. The highest BCUT2D eigenvalue weighted by molar-refractivity contribution is 5.81. The van der Waals surface area contributed by atoms with Gasteiger partial charge in [0, 0.05) is 45.2 Å². The Labute approximate surface area is 114 Å². The molecule has 1 N–H and O–H groups in total. The molecule has 0 aliphatic carbocycles. The zero-order valence-electron chi connectivity index (χ0n) is 11.8. The summed E-state index contributed by atoms with van der Waals surface area (Å²) < 4.78 is 5.04. The van der Waals surface area contributed by atoms with Crippen molar-refractivity contribution in [3.05, 3.63) is 35.9 Å². The summed E-state index contributed by atoms with van der Waals surface area (Å²) in [5.41, 5.74) is 2.24. The molecule has 0 amide bonds. The van der Waals surface area contributed by atoms with E-state index in [1.165, 1.54) is 10.9 Å². The molecule has 4 heteroatoms. The highest BCUT2D eigenvalue weighted by Crippen LogP contribution is 2.22.